The van der Waals surface area contributed by atoms with Crippen LogP contribution in [0.3, 0.4) is 0 Å². The van der Waals surface area contributed by atoms with Gasteiger partial charge in [-0.2, -0.15) is 13.2 Å². The number of rotatable bonds is 11. The fourth-order valence-corrected chi connectivity index (χ4v) is 4.05. The first-order valence-corrected chi connectivity index (χ1v) is 13.3. The highest BCUT2D eigenvalue weighted by atomic mass is 32.2. The van der Waals surface area contributed by atoms with E-state index in [1.54, 1.807) is 12.1 Å². The molecule has 0 aliphatic heterocycles. The fraction of sp³-hybridized carbons (Fsp3) is 0.333. The Labute approximate surface area is 226 Å². The molecule has 0 radical (unpaired) electrons. The van der Waals surface area contributed by atoms with Crippen LogP contribution in [0, 0.1) is 0 Å². The first kappa shape index (κ1) is 32.2. The predicted octanol–water partition coefficient (Wildman–Crippen LogP) is 2.60. The molecule has 0 fully saturated rings. The minimum atomic E-state index is -5.08. The number of phenolic OH excluding ortho intramolecular Hbond substituents is 1. The van der Waals surface area contributed by atoms with Crippen LogP contribution in [0.4, 0.5) is 18.9 Å². The van der Waals surface area contributed by atoms with Crippen molar-refractivity contribution in [3.05, 3.63) is 53.7 Å². The van der Waals surface area contributed by atoms with Gasteiger partial charge < -0.3 is 35.5 Å². The van der Waals surface area contributed by atoms with Gasteiger partial charge >= 0.3 is 18.1 Å². The molecule has 0 aliphatic rings. The molecule has 12 nitrogen and oxygen atoms in total. The van der Waals surface area contributed by atoms with E-state index in [4.69, 9.17) is 19.7 Å². The van der Waals surface area contributed by atoms with Crippen LogP contribution in [0.1, 0.15) is 24.2 Å². The summed E-state index contributed by atoms with van der Waals surface area (Å²) in [5.74, 6) is -3.58. The molecule has 40 heavy (non-hydrogen) atoms. The van der Waals surface area contributed by atoms with E-state index >= 15 is 0 Å². The summed E-state index contributed by atoms with van der Waals surface area (Å²) in [6.07, 6.45) is -2.56. The number of hydrogen-bond donors (Lipinski definition) is 7. The van der Waals surface area contributed by atoms with Gasteiger partial charge in [0, 0.05) is 24.2 Å². The maximum absolute atomic E-state index is 11.4. The van der Waals surface area contributed by atoms with Gasteiger partial charge in [-0.15, -0.1) is 0 Å². The van der Waals surface area contributed by atoms with Crippen LogP contribution in [0.2, 0.25) is 0 Å². The van der Waals surface area contributed by atoms with Crippen molar-refractivity contribution in [2.45, 2.75) is 31.7 Å². The number of sulfonamides is 1. The second kappa shape index (κ2) is 13.4. The van der Waals surface area contributed by atoms with E-state index in [-0.39, 0.29) is 24.0 Å². The van der Waals surface area contributed by atoms with Gasteiger partial charge in [0.05, 0.1) is 23.6 Å². The van der Waals surface area contributed by atoms with Gasteiger partial charge in [0.2, 0.25) is 10.0 Å². The Morgan fingerprint density at radius 2 is 1.80 bits per heavy atom. The summed E-state index contributed by atoms with van der Waals surface area (Å²) in [5, 5.41) is 40.5. The lowest BCUT2D eigenvalue weighted by atomic mass is 10.0. The Bertz CT molecular complexity index is 1440. The number of carboxylic acid groups (broad SMARTS) is 2. The van der Waals surface area contributed by atoms with Crippen molar-refractivity contribution in [2.75, 3.05) is 24.1 Å². The topological polar surface area (TPSA) is 198 Å². The Kier molecular flexibility index (Phi) is 10.8. The van der Waals surface area contributed by atoms with E-state index < -0.39 is 40.8 Å². The zero-order chi connectivity index (χ0) is 30.3. The number of aromatic nitrogens is 1. The molecule has 0 unspecified atom stereocenters. The minimum absolute atomic E-state index is 0.00168. The molecule has 16 heteroatoms. The number of alkyl halides is 3. The molecular formula is C24H28F3N3O9S. The third kappa shape index (κ3) is 9.94. The maximum atomic E-state index is 11.4. The van der Waals surface area contributed by atoms with Crippen molar-refractivity contribution in [1.29, 1.82) is 0 Å². The first-order chi connectivity index (χ1) is 18.5. The second-order valence-corrected chi connectivity index (χ2v) is 10.4. The van der Waals surface area contributed by atoms with Crippen LogP contribution >= 0.6 is 0 Å². The van der Waals surface area contributed by atoms with Crippen molar-refractivity contribution in [3.63, 3.8) is 0 Å². The SMILES string of the molecule is C[C@H](Cc1c[nH]c2c(OCC(=O)O)cccc12)NC[C@H](O)c1ccc(O)c(NS(C)(=O)=O)c1.O=C(O)C(F)(F)F. The number of aliphatic hydroxyl groups excluding tert-OH is 1. The number of fused-ring (bicyclic) bond motifs is 1. The van der Waals surface area contributed by atoms with Gasteiger partial charge in [-0.3, -0.25) is 4.72 Å². The molecule has 3 aromatic rings. The quantitative estimate of drug-likeness (QED) is 0.163. The molecule has 0 amide bonds. The average molecular weight is 592 g/mol. The third-order valence-electron chi connectivity index (χ3n) is 5.24. The lowest BCUT2D eigenvalue weighted by molar-refractivity contribution is -0.192. The third-order valence-corrected chi connectivity index (χ3v) is 5.83. The Balaban J connectivity index is 0.000000708. The number of anilines is 1. The molecule has 7 N–H and O–H groups in total. The average Bonchev–Trinajstić information content (AvgIpc) is 3.24. The van der Waals surface area contributed by atoms with Crippen molar-refractivity contribution < 1.29 is 56.3 Å². The van der Waals surface area contributed by atoms with Crippen molar-refractivity contribution in [3.8, 4) is 11.5 Å². The number of carbonyl (C=O) groups is 2. The van der Waals surface area contributed by atoms with Crippen molar-refractivity contribution >= 4 is 38.6 Å². The van der Waals surface area contributed by atoms with Crippen LogP contribution in [0.15, 0.2) is 42.6 Å². The number of hydrogen-bond acceptors (Lipinski definition) is 8. The van der Waals surface area contributed by atoms with Gasteiger partial charge in [-0.05, 0) is 42.7 Å². The van der Waals surface area contributed by atoms with Gasteiger partial charge in [-0.1, -0.05) is 18.2 Å². The molecule has 1 heterocycles. The van der Waals surface area contributed by atoms with Crippen LogP contribution in [0.25, 0.3) is 10.9 Å². The lowest BCUT2D eigenvalue weighted by Gasteiger charge is -2.18. The van der Waals surface area contributed by atoms with Gasteiger partial charge in [-0.25, -0.2) is 18.0 Å². The molecule has 0 spiro atoms. The minimum Gasteiger partial charge on any atom is -0.506 e. The maximum Gasteiger partial charge on any atom is 0.490 e. The Morgan fingerprint density at radius 1 is 1.15 bits per heavy atom. The van der Waals surface area contributed by atoms with E-state index in [1.165, 1.54) is 18.2 Å². The zero-order valence-corrected chi connectivity index (χ0v) is 22.0. The number of para-hydroxylation sites is 1. The first-order valence-electron chi connectivity index (χ1n) is 11.4. The standard InChI is InChI=1S/C22H27N3O7S.C2HF3O2/c1-13(8-15-10-24-22-16(15)4-3-5-20(22)32-12-21(28)29)23-11-19(27)14-6-7-18(26)17(9-14)25-33(2,30)31;3-2(4,5)1(6)7/h3-7,9-10,13,19,23-27H,8,11-12H2,1-2H3,(H,28,29);(H,6,7)/t13-,19+;/m1./s1. The number of benzene rings is 2. The summed E-state index contributed by atoms with van der Waals surface area (Å²) < 4.78 is 62.2. The number of aliphatic hydroxyl groups is 1. The lowest BCUT2D eigenvalue weighted by Crippen LogP contribution is -2.32. The summed E-state index contributed by atoms with van der Waals surface area (Å²) in [6, 6.07) is 9.64. The molecule has 2 aromatic carbocycles. The van der Waals surface area contributed by atoms with Crippen molar-refractivity contribution in [1.82, 2.24) is 10.3 Å². The largest absolute Gasteiger partial charge is 0.506 e. The molecule has 0 bridgehead atoms. The van der Waals surface area contributed by atoms with Gasteiger partial charge in [0.25, 0.3) is 0 Å². The number of carboxylic acids is 2. The highest BCUT2D eigenvalue weighted by Crippen LogP contribution is 2.29. The summed E-state index contributed by atoms with van der Waals surface area (Å²) in [6.45, 7) is 1.74. The van der Waals surface area contributed by atoms with E-state index in [0.717, 1.165) is 22.7 Å². The van der Waals surface area contributed by atoms with E-state index in [9.17, 15) is 36.6 Å². The monoisotopic (exact) mass is 591 g/mol. The second-order valence-electron chi connectivity index (χ2n) is 8.66. The number of nitrogens with one attached hydrogen (secondary N) is 3. The molecule has 3 rings (SSSR count). The summed E-state index contributed by atoms with van der Waals surface area (Å²) in [5.41, 5.74) is 2.17. The van der Waals surface area contributed by atoms with E-state index in [0.29, 0.717) is 17.7 Å². The highest BCUT2D eigenvalue weighted by molar-refractivity contribution is 7.92. The molecule has 0 saturated carbocycles. The molecule has 0 saturated heterocycles. The number of halogens is 3. The number of aromatic amines is 1. The fourth-order valence-electron chi connectivity index (χ4n) is 3.49. The number of H-pyrrole nitrogens is 1. The van der Waals surface area contributed by atoms with Crippen LogP contribution < -0.4 is 14.8 Å². The van der Waals surface area contributed by atoms with E-state index in [1.807, 2.05) is 19.2 Å². The van der Waals surface area contributed by atoms with Crippen LogP contribution in [0.5, 0.6) is 11.5 Å². The molecule has 0 aliphatic carbocycles. The van der Waals surface area contributed by atoms with Crippen LogP contribution in [-0.4, -0.2) is 77.4 Å². The number of ether oxygens (including phenoxy) is 1. The van der Waals surface area contributed by atoms with Crippen LogP contribution in [-0.2, 0) is 26.0 Å². The Morgan fingerprint density at radius 3 is 2.38 bits per heavy atom. The number of phenols is 1. The Hall–Kier alpha value is -4.02. The van der Waals surface area contributed by atoms with Gasteiger partial charge in [0.15, 0.2) is 6.61 Å². The normalized spacial score (nSPS) is 13.2. The highest BCUT2D eigenvalue weighted by Gasteiger charge is 2.38. The smallest absolute Gasteiger partial charge is 0.490 e. The molecule has 220 valence electrons. The zero-order valence-electron chi connectivity index (χ0n) is 21.2. The van der Waals surface area contributed by atoms with Crippen molar-refractivity contribution in [2.24, 2.45) is 0 Å². The number of aliphatic carboxylic acids is 2. The molecular weight excluding hydrogens is 563 g/mol. The van der Waals surface area contributed by atoms with Gasteiger partial charge in [0.1, 0.15) is 11.5 Å². The summed E-state index contributed by atoms with van der Waals surface area (Å²) >= 11 is 0. The predicted molar refractivity (Wildman–Crippen MR) is 138 cm³/mol. The number of aromatic hydroxyl groups is 1. The molecule has 1 aromatic heterocycles. The van der Waals surface area contributed by atoms with E-state index in [2.05, 4.69) is 15.0 Å². The molecule has 2 atom stereocenters. The summed E-state index contributed by atoms with van der Waals surface area (Å²) in [4.78, 5) is 22.8. The summed E-state index contributed by atoms with van der Waals surface area (Å²) in [7, 11) is -3.57.